The van der Waals surface area contributed by atoms with Crippen LogP contribution < -0.4 is 5.32 Å². The molecule has 4 rings (SSSR count). The Hall–Kier alpha value is -2.89. The number of benzene rings is 2. The summed E-state index contributed by atoms with van der Waals surface area (Å²) in [5, 5.41) is 3.07. The van der Waals surface area contributed by atoms with Gasteiger partial charge in [0.25, 0.3) is 5.91 Å². The fraction of sp³-hybridized carbons (Fsp3) is 0.346. The van der Waals surface area contributed by atoms with Gasteiger partial charge in [-0.15, -0.1) is 0 Å². The van der Waals surface area contributed by atoms with Gasteiger partial charge < -0.3 is 14.6 Å². The molecule has 0 radical (unpaired) electrons. The molecule has 0 bridgehead atoms. The second kappa shape index (κ2) is 9.94. The highest BCUT2D eigenvalue weighted by Crippen LogP contribution is 2.27. The summed E-state index contributed by atoms with van der Waals surface area (Å²) in [4.78, 5) is 15.6. The van der Waals surface area contributed by atoms with Crippen molar-refractivity contribution in [1.82, 2.24) is 9.47 Å². The standard InChI is InChI=1S/C26H31N3O2/c1-20-8-6-11-23(18-20)27-26(30)24-19-25(22-9-4-3-5-10-22)29(21(24)2)13-7-12-28-14-16-31-17-15-28/h3-6,8-11,18-19H,7,12-17H2,1-2H3,(H,27,30). The maximum Gasteiger partial charge on any atom is 0.257 e. The molecule has 1 aliphatic heterocycles. The summed E-state index contributed by atoms with van der Waals surface area (Å²) in [7, 11) is 0. The second-order valence-electron chi connectivity index (χ2n) is 8.18. The van der Waals surface area contributed by atoms with E-state index in [0.717, 1.165) is 79.6 Å². The summed E-state index contributed by atoms with van der Waals surface area (Å²) >= 11 is 0. The van der Waals surface area contributed by atoms with Gasteiger partial charge in [0.15, 0.2) is 0 Å². The van der Waals surface area contributed by atoms with E-state index in [9.17, 15) is 4.79 Å². The summed E-state index contributed by atoms with van der Waals surface area (Å²) < 4.78 is 7.75. The molecule has 1 N–H and O–H groups in total. The highest BCUT2D eigenvalue weighted by molar-refractivity contribution is 6.06. The number of aromatic nitrogens is 1. The Labute approximate surface area is 184 Å². The quantitative estimate of drug-likeness (QED) is 0.604. The van der Waals surface area contributed by atoms with Gasteiger partial charge in [-0.3, -0.25) is 9.69 Å². The highest BCUT2D eigenvalue weighted by atomic mass is 16.5. The molecule has 3 aromatic rings. The Morgan fingerprint density at radius 2 is 1.74 bits per heavy atom. The molecule has 5 heteroatoms. The number of nitrogens with one attached hydrogen (secondary N) is 1. The first-order chi connectivity index (χ1) is 15.1. The van der Waals surface area contributed by atoms with Crippen LogP contribution >= 0.6 is 0 Å². The minimum Gasteiger partial charge on any atom is -0.379 e. The minimum absolute atomic E-state index is 0.0628. The molecule has 1 fully saturated rings. The van der Waals surface area contributed by atoms with Gasteiger partial charge >= 0.3 is 0 Å². The zero-order valence-electron chi connectivity index (χ0n) is 18.4. The molecule has 2 aromatic carbocycles. The molecular weight excluding hydrogens is 386 g/mol. The monoisotopic (exact) mass is 417 g/mol. The molecule has 0 aliphatic carbocycles. The van der Waals surface area contributed by atoms with Crippen molar-refractivity contribution >= 4 is 11.6 Å². The Bertz CT molecular complexity index is 1020. The number of morpholine rings is 1. The zero-order chi connectivity index (χ0) is 21.6. The lowest BCUT2D eigenvalue weighted by Crippen LogP contribution is -2.37. The number of carbonyl (C=O) groups is 1. The Balaban J connectivity index is 1.56. The molecule has 5 nitrogen and oxygen atoms in total. The smallest absolute Gasteiger partial charge is 0.257 e. The molecular formula is C26H31N3O2. The fourth-order valence-corrected chi connectivity index (χ4v) is 4.21. The van der Waals surface area contributed by atoms with E-state index in [1.165, 1.54) is 0 Å². The molecule has 0 spiro atoms. The van der Waals surface area contributed by atoms with E-state index in [-0.39, 0.29) is 5.91 Å². The maximum absolute atomic E-state index is 13.1. The van der Waals surface area contributed by atoms with E-state index in [1.54, 1.807) is 0 Å². The van der Waals surface area contributed by atoms with E-state index >= 15 is 0 Å². The van der Waals surface area contributed by atoms with Crippen molar-refractivity contribution in [3.8, 4) is 11.3 Å². The second-order valence-corrected chi connectivity index (χ2v) is 8.18. The lowest BCUT2D eigenvalue weighted by Gasteiger charge is -2.26. The largest absolute Gasteiger partial charge is 0.379 e. The van der Waals surface area contributed by atoms with E-state index in [1.807, 2.05) is 62.4 Å². The van der Waals surface area contributed by atoms with Crippen molar-refractivity contribution in [2.24, 2.45) is 0 Å². The van der Waals surface area contributed by atoms with Crippen LogP contribution in [0, 0.1) is 13.8 Å². The molecule has 0 saturated carbocycles. The van der Waals surface area contributed by atoms with E-state index in [4.69, 9.17) is 4.74 Å². The third kappa shape index (κ3) is 5.24. The van der Waals surface area contributed by atoms with Crippen LogP contribution in [0.1, 0.15) is 28.0 Å². The summed E-state index contributed by atoms with van der Waals surface area (Å²) in [6, 6.07) is 20.3. The van der Waals surface area contributed by atoms with Gasteiger partial charge in [0.1, 0.15) is 0 Å². The van der Waals surface area contributed by atoms with Crippen LogP contribution in [-0.4, -0.2) is 48.2 Å². The van der Waals surface area contributed by atoms with Gasteiger partial charge in [-0.1, -0.05) is 42.5 Å². The summed E-state index contributed by atoms with van der Waals surface area (Å²) in [5.41, 5.74) is 5.91. The first-order valence-corrected chi connectivity index (χ1v) is 11.1. The zero-order valence-corrected chi connectivity index (χ0v) is 18.4. The summed E-state index contributed by atoms with van der Waals surface area (Å²) in [6.07, 6.45) is 1.04. The maximum atomic E-state index is 13.1. The molecule has 1 amide bonds. The van der Waals surface area contributed by atoms with Crippen molar-refractivity contribution in [3.63, 3.8) is 0 Å². The van der Waals surface area contributed by atoms with Crippen molar-refractivity contribution in [3.05, 3.63) is 77.5 Å². The topological polar surface area (TPSA) is 46.5 Å². The molecule has 1 aliphatic rings. The first-order valence-electron chi connectivity index (χ1n) is 11.1. The van der Waals surface area contributed by atoms with Crippen molar-refractivity contribution < 1.29 is 9.53 Å². The number of hydrogen-bond acceptors (Lipinski definition) is 3. The number of carbonyl (C=O) groups excluding carboxylic acids is 1. The number of aryl methyl sites for hydroxylation is 1. The minimum atomic E-state index is -0.0628. The van der Waals surface area contributed by atoms with Gasteiger partial charge in [0, 0.05) is 43.3 Å². The van der Waals surface area contributed by atoms with Crippen LogP contribution in [0.15, 0.2) is 60.7 Å². The molecule has 162 valence electrons. The molecule has 1 saturated heterocycles. The average Bonchev–Trinajstić information content (AvgIpc) is 3.12. The molecule has 31 heavy (non-hydrogen) atoms. The van der Waals surface area contributed by atoms with Crippen LogP contribution in [0.5, 0.6) is 0 Å². The number of nitrogens with zero attached hydrogens (tertiary/aromatic N) is 2. The number of anilines is 1. The third-order valence-electron chi connectivity index (χ3n) is 5.92. The molecule has 0 unspecified atom stereocenters. The predicted octanol–water partition coefficient (Wildman–Crippen LogP) is 4.75. The number of hydrogen-bond donors (Lipinski definition) is 1. The van der Waals surface area contributed by atoms with E-state index in [0.29, 0.717) is 0 Å². The molecule has 2 heterocycles. The normalized spacial score (nSPS) is 14.5. The predicted molar refractivity (Wildman–Crippen MR) is 126 cm³/mol. The Morgan fingerprint density at radius 1 is 0.968 bits per heavy atom. The number of ether oxygens (including phenoxy) is 1. The van der Waals surface area contributed by atoms with Crippen LogP contribution in [0.2, 0.25) is 0 Å². The van der Waals surface area contributed by atoms with Crippen molar-refractivity contribution in [2.75, 3.05) is 38.2 Å². The van der Waals surface area contributed by atoms with Crippen LogP contribution in [0.25, 0.3) is 11.3 Å². The van der Waals surface area contributed by atoms with Gasteiger partial charge in [-0.2, -0.15) is 0 Å². The van der Waals surface area contributed by atoms with Crippen LogP contribution in [0.4, 0.5) is 5.69 Å². The van der Waals surface area contributed by atoms with E-state index in [2.05, 4.69) is 26.9 Å². The van der Waals surface area contributed by atoms with Crippen molar-refractivity contribution in [1.29, 1.82) is 0 Å². The lowest BCUT2D eigenvalue weighted by atomic mass is 10.1. The van der Waals surface area contributed by atoms with Crippen molar-refractivity contribution in [2.45, 2.75) is 26.8 Å². The SMILES string of the molecule is Cc1cccc(NC(=O)c2cc(-c3ccccc3)n(CCCN3CCOCC3)c2C)c1. The first kappa shape index (κ1) is 21.3. The van der Waals surface area contributed by atoms with E-state index < -0.39 is 0 Å². The Kier molecular flexibility index (Phi) is 6.85. The van der Waals surface area contributed by atoms with Gasteiger partial charge in [-0.25, -0.2) is 0 Å². The lowest BCUT2D eigenvalue weighted by molar-refractivity contribution is 0.0369. The number of rotatable bonds is 7. The highest BCUT2D eigenvalue weighted by Gasteiger charge is 2.19. The van der Waals surface area contributed by atoms with Crippen LogP contribution in [-0.2, 0) is 11.3 Å². The van der Waals surface area contributed by atoms with Crippen LogP contribution in [0.3, 0.4) is 0 Å². The third-order valence-corrected chi connectivity index (χ3v) is 5.92. The average molecular weight is 418 g/mol. The summed E-state index contributed by atoms with van der Waals surface area (Å²) in [5.74, 6) is -0.0628. The number of amides is 1. The fourth-order valence-electron chi connectivity index (χ4n) is 4.21. The summed E-state index contributed by atoms with van der Waals surface area (Å²) in [6.45, 7) is 9.64. The molecule has 0 atom stereocenters. The van der Waals surface area contributed by atoms with Gasteiger partial charge in [-0.05, 0) is 49.6 Å². The Morgan fingerprint density at radius 3 is 2.48 bits per heavy atom. The molecule has 1 aromatic heterocycles. The van der Waals surface area contributed by atoms with Gasteiger partial charge in [0.05, 0.1) is 18.8 Å². The van der Waals surface area contributed by atoms with Gasteiger partial charge in [0.2, 0.25) is 0 Å².